The molecule has 7 nitrogen and oxygen atoms in total. The summed E-state index contributed by atoms with van der Waals surface area (Å²) in [4.78, 5) is 25.3. The maximum Gasteiger partial charge on any atom is 0.343 e. The van der Waals surface area contributed by atoms with Crippen molar-refractivity contribution >= 4 is 32.9 Å². The van der Waals surface area contributed by atoms with E-state index in [4.69, 9.17) is 23.4 Å². The van der Waals surface area contributed by atoms with E-state index in [1.54, 1.807) is 42.5 Å². The maximum atomic E-state index is 12.9. The minimum Gasteiger partial charge on any atom is -0.493 e. The molecule has 0 unspecified atom stereocenters. The molecule has 1 heterocycles. The number of carbonyl (C=O) groups is 1. The van der Waals surface area contributed by atoms with Gasteiger partial charge in [-0.3, -0.25) is 4.79 Å². The van der Waals surface area contributed by atoms with Crippen molar-refractivity contribution in [2.24, 2.45) is 0 Å². The minimum atomic E-state index is -0.533. The summed E-state index contributed by atoms with van der Waals surface area (Å²) in [6.45, 7) is 0. The molecule has 0 radical (unpaired) electrons. The van der Waals surface area contributed by atoms with Crippen LogP contribution in [0, 0.1) is 0 Å². The molecule has 1 aromatic heterocycles. The Hall–Kier alpha value is -3.78. The van der Waals surface area contributed by atoms with Crippen molar-refractivity contribution in [3.63, 3.8) is 0 Å². The standard InChI is InChI=1S/C25H19BrO7/c1-29-22-10-15(11-23(30-2)24(22)31-3)21-13-19(27)18-12-17(7-8-20(18)33-21)32-25(28)14-5-4-6-16(26)9-14/h4-13H,1-3H3. The average Bonchev–Trinajstić information content (AvgIpc) is 2.83. The molecule has 0 atom stereocenters. The third kappa shape index (κ3) is 4.56. The molecule has 0 aliphatic rings. The fraction of sp³-hybridized carbons (Fsp3) is 0.120. The van der Waals surface area contributed by atoms with E-state index >= 15 is 0 Å². The van der Waals surface area contributed by atoms with E-state index in [1.807, 2.05) is 6.07 Å². The van der Waals surface area contributed by atoms with E-state index in [0.717, 1.165) is 4.47 Å². The number of carbonyl (C=O) groups excluding carboxylic acids is 1. The molecule has 0 fully saturated rings. The molecule has 0 bridgehead atoms. The fourth-order valence-electron chi connectivity index (χ4n) is 3.35. The third-order valence-electron chi connectivity index (χ3n) is 4.92. The van der Waals surface area contributed by atoms with Crippen LogP contribution in [0.25, 0.3) is 22.3 Å². The smallest absolute Gasteiger partial charge is 0.343 e. The lowest BCUT2D eigenvalue weighted by Gasteiger charge is -2.14. The number of rotatable bonds is 6. The predicted molar refractivity (Wildman–Crippen MR) is 127 cm³/mol. The second-order valence-corrected chi connectivity index (χ2v) is 7.86. The zero-order valence-corrected chi connectivity index (χ0v) is 19.6. The summed E-state index contributed by atoms with van der Waals surface area (Å²) < 4.78 is 28.3. The lowest BCUT2D eigenvalue weighted by Crippen LogP contribution is -2.09. The van der Waals surface area contributed by atoms with Crippen LogP contribution in [-0.4, -0.2) is 27.3 Å². The Bertz CT molecular complexity index is 1380. The van der Waals surface area contributed by atoms with E-state index in [9.17, 15) is 9.59 Å². The number of esters is 1. The highest BCUT2D eigenvalue weighted by Crippen LogP contribution is 2.41. The van der Waals surface area contributed by atoms with E-state index in [1.165, 1.54) is 33.5 Å². The van der Waals surface area contributed by atoms with Crippen LogP contribution in [0.3, 0.4) is 0 Å². The summed E-state index contributed by atoms with van der Waals surface area (Å²) in [7, 11) is 4.53. The molecule has 0 amide bonds. The van der Waals surface area contributed by atoms with Gasteiger partial charge in [0.25, 0.3) is 0 Å². The number of methoxy groups -OCH3 is 3. The van der Waals surface area contributed by atoms with Gasteiger partial charge < -0.3 is 23.4 Å². The average molecular weight is 511 g/mol. The molecule has 4 rings (SSSR count). The molecule has 8 heteroatoms. The van der Waals surface area contributed by atoms with Crippen molar-refractivity contribution < 1.29 is 28.2 Å². The zero-order chi connectivity index (χ0) is 23.5. The molecule has 0 aliphatic heterocycles. The summed E-state index contributed by atoms with van der Waals surface area (Å²) in [6, 6.07) is 16.2. The first-order valence-corrected chi connectivity index (χ1v) is 10.6. The normalized spacial score (nSPS) is 10.7. The van der Waals surface area contributed by atoms with Crippen molar-refractivity contribution in [1.82, 2.24) is 0 Å². The van der Waals surface area contributed by atoms with Gasteiger partial charge in [-0.25, -0.2) is 4.79 Å². The molecule has 0 spiro atoms. The van der Waals surface area contributed by atoms with Crippen LogP contribution in [0.15, 0.2) is 74.3 Å². The van der Waals surface area contributed by atoms with Crippen LogP contribution >= 0.6 is 15.9 Å². The van der Waals surface area contributed by atoms with Gasteiger partial charge in [0.05, 0.1) is 32.3 Å². The van der Waals surface area contributed by atoms with Crippen molar-refractivity contribution in [3.8, 4) is 34.3 Å². The van der Waals surface area contributed by atoms with Gasteiger partial charge in [0, 0.05) is 16.1 Å². The molecule has 168 valence electrons. The summed E-state index contributed by atoms with van der Waals surface area (Å²) in [5.74, 6) is 1.33. The molecule has 3 aromatic carbocycles. The Labute approximate surface area is 197 Å². The van der Waals surface area contributed by atoms with Crippen LogP contribution < -0.4 is 24.4 Å². The van der Waals surface area contributed by atoms with Gasteiger partial charge in [-0.15, -0.1) is 0 Å². The number of fused-ring (bicyclic) bond motifs is 1. The molecular formula is C25H19BrO7. The summed E-state index contributed by atoms with van der Waals surface area (Å²) in [6.07, 6.45) is 0. The Balaban J connectivity index is 1.71. The van der Waals surface area contributed by atoms with Gasteiger partial charge in [-0.1, -0.05) is 22.0 Å². The Morgan fingerprint density at radius 2 is 1.61 bits per heavy atom. The highest BCUT2D eigenvalue weighted by atomic mass is 79.9. The quantitative estimate of drug-likeness (QED) is 0.251. The van der Waals surface area contributed by atoms with Crippen molar-refractivity contribution in [2.75, 3.05) is 21.3 Å². The first-order chi connectivity index (χ1) is 15.9. The molecule has 0 saturated carbocycles. The van der Waals surface area contributed by atoms with Crippen LogP contribution in [0.1, 0.15) is 10.4 Å². The van der Waals surface area contributed by atoms with E-state index < -0.39 is 5.97 Å². The molecule has 33 heavy (non-hydrogen) atoms. The van der Waals surface area contributed by atoms with Crippen LogP contribution in [0.4, 0.5) is 0 Å². The number of hydrogen-bond acceptors (Lipinski definition) is 7. The molecule has 4 aromatic rings. The lowest BCUT2D eigenvalue weighted by molar-refractivity contribution is 0.0735. The highest BCUT2D eigenvalue weighted by molar-refractivity contribution is 9.10. The van der Waals surface area contributed by atoms with Crippen molar-refractivity contribution in [3.05, 3.63) is 80.9 Å². The molecule has 0 saturated heterocycles. The highest BCUT2D eigenvalue weighted by Gasteiger charge is 2.17. The first-order valence-electron chi connectivity index (χ1n) is 9.79. The van der Waals surface area contributed by atoms with Gasteiger partial charge in [0.15, 0.2) is 16.9 Å². The van der Waals surface area contributed by atoms with Gasteiger partial charge in [-0.2, -0.15) is 0 Å². The summed E-state index contributed by atoms with van der Waals surface area (Å²) >= 11 is 3.33. The monoisotopic (exact) mass is 510 g/mol. The Morgan fingerprint density at radius 3 is 2.24 bits per heavy atom. The fourth-order valence-corrected chi connectivity index (χ4v) is 3.75. The molecule has 0 aliphatic carbocycles. The van der Waals surface area contributed by atoms with E-state index in [0.29, 0.717) is 39.7 Å². The van der Waals surface area contributed by atoms with Gasteiger partial charge >= 0.3 is 5.97 Å². The Kier molecular flexibility index (Phi) is 6.37. The topological polar surface area (TPSA) is 84.2 Å². The third-order valence-corrected chi connectivity index (χ3v) is 5.41. The molecular weight excluding hydrogens is 492 g/mol. The first kappa shape index (κ1) is 22.4. The largest absolute Gasteiger partial charge is 0.493 e. The number of ether oxygens (including phenoxy) is 4. The minimum absolute atomic E-state index is 0.236. The van der Waals surface area contributed by atoms with Crippen LogP contribution in [-0.2, 0) is 0 Å². The summed E-state index contributed by atoms with van der Waals surface area (Å²) in [5.41, 5.74) is 1.01. The second-order valence-electron chi connectivity index (χ2n) is 6.95. The maximum absolute atomic E-state index is 12.9. The lowest BCUT2D eigenvalue weighted by atomic mass is 10.1. The zero-order valence-electron chi connectivity index (χ0n) is 18.0. The van der Waals surface area contributed by atoms with Crippen LogP contribution in [0.5, 0.6) is 23.0 Å². The van der Waals surface area contributed by atoms with E-state index in [2.05, 4.69) is 15.9 Å². The van der Waals surface area contributed by atoms with E-state index in [-0.39, 0.29) is 16.6 Å². The number of halogens is 1. The SMILES string of the molecule is COc1cc(-c2cc(=O)c3cc(OC(=O)c4cccc(Br)c4)ccc3o2)cc(OC)c1OC. The van der Waals surface area contributed by atoms with Gasteiger partial charge in [0.1, 0.15) is 17.1 Å². The number of hydrogen-bond donors (Lipinski definition) is 0. The van der Waals surface area contributed by atoms with Crippen molar-refractivity contribution in [1.29, 1.82) is 0 Å². The predicted octanol–water partition coefficient (Wildman–Crippen LogP) is 5.47. The molecule has 0 N–H and O–H groups in total. The van der Waals surface area contributed by atoms with Crippen LogP contribution in [0.2, 0.25) is 0 Å². The Morgan fingerprint density at radius 1 is 0.879 bits per heavy atom. The second kappa shape index (κ2) is 9.38. The van der Waals surface area contributed by atoms with Gasteiger partial charge in [0.2, 0.25) is 5.75 Å². The number of benzene rings is 3. The van der Waals surface area contributed by atoms with Gasteiger partial charge in [-0.05, 0) is 48.5 Å². The van der Waals surface area contributed by atoms with Crippen molar-refractivity contribution in [2.45, 2.75) is 0 Å². The summed E-state index contributed by atoms with van der Waals surface area (Å²) in [5, 5.41) is 0.283.